The fraction of sp³-hybridized carbons (Fsp3) is 0.538. The van der Waals surface area contributed by atoms with Gasteiger partial charge in [0.05, 0.1) is 0 Å². The molecule has 1 aromatic carbocycles. The van der Waals surface area contributed by atoms with Gasteiger partial charge in [0.2, 0.25) is 0 Å². The van der Waals surface area contributed by atoms with Crippen molar-refractivity contribution >= 4 is 0 Å². The predicted octanol–water partition coefficient (Wildman–Crippen LogP) is 2.62. The molecule has 1 rings (SSSR count). The maximum Gasteiger partial charge on any atom is 0.182 e. The van der Waals surface area contributed by atoms with Gasteiger partial charge in [0.15, 0.2) is 6.29 Å². The van der Waals surface area contributed by atoms with E-state index in [2.05, 4.69) is 0 Å². The largest absolute Gasteiger partial charge is 0.507 e. The summed E-state index contributed by atoms with van der Waals surface area (Å²) in [6.45, 7) is 7.99. The Morgan fingerprint density at radius 3 is 1.75 bits per heavy atom. The summed E-state index contributed by atoms with van der Waals surface area (Å²) in [6.07, 6.45) is -1.63. The SMILES string of the molecule is CC(C)c1cc(C(C)C)c(O)c(C(O)O)c1. The molecule has 0 spiro atoms. The number of phenols is 1. The van der Waals surface area contributed by atoms with Crippen molar-refractivity contribution in [1.82, 2.24) is 0 Å². The van der Waals surface area contributed by atoms with E-state index in [1.54, 1.807) is 6.07 Å². The second-order valence-electron chi connectivity index (χ2n) is 4.73. The molecule has 3 N–H and O–H groups in total. The monoisotopic (exact) mass is 224 g/mol. The predicted molar refractivity (Wildman–Crippen MR) is 63.5 cm³/mol. The molecule has 0 radical (unpaired) electrons. The van der Waals surface area contributed by atoms with Gasteiger partial charge in [0, 0.05) is 5.56 Å². The zero-order valence-electron chi connectivity index (χ0n) is 10.2. The summed E-state index contributed by atoms with van der Waals surface area (Å²) in [5, 5.41) is 28.3. The number of rotatable bonds is 3. The highest BCUT2D eigenvalue weighted by Crippen LogP contribution is 2.35. The van der Waals surface area contributed by atoms with Gasteiger partial charge in [0.25, 0.3) is 0 Å². The van der Waals surface area contributed by atoms with Crippen LogP contribution < -0.4 is 0 Å². The summed E-state index contributed by atoms with van der Waals surface area (Å²) in [4.78, 5) is 0. The normalized spacial score (nSPS) is 11.8. The Hall–Kier alpha value is -1.06. The van der Waals surface area contributed by atoms with E-state index in [0.29, 0.717) is 0 Å². The second kappa shape index (κ2) is 4.85. The molecule has 0 aliphatic heterocycles. The molecule has 0 aliphatic carbocycles. The molecule has 3 heteroatoms. The molecule has 0 aliphatic rings. The van der Waals surface area contributed by atoms with Crippen molar-refractivity contribution in [3.05, 3.63) is 28.8 Å². The summed E-state index contributed by atoms with van der Waals surface area (Å²) < 4.78 is 0. The number of hydrogen-bond donors (Lipinski definition) is 3. The van der Waals surface area contributed by atoms with Crippen molar-refractivity contribution in [2.24, 2.45) is 0 Å². The molecule has 0 heterocycles. The van der Waals surface area contributed by atoms with Crippen molar-refractivity contribution in [2.75, 3.05) is 0 Å². The van der Waals surface area contributed by atoms with Crippen LogP contribution in [0.1, 0.15) is 62.5 Å². The second-order valence-corrected chi connectivity index (χ2v) is 4.73. The molecular formula is C13H20O3. The smallest absolute Gasteiger partial charge is 0.182 e. The van der Waals surface area contributed by atoms with Crippen LogP contribution in [0, 0.1) is 0 Å². The number of phenolic OH excluding ortho intramolecular Hbond substituents is 1. The fourth-order valence-corrected chi connectivity index (χ4v) is 1.67. The Morgan fingerprint density at radius 1 is 0.875 bits per heavy atom. The van der Waals surface area contributed by atoms with Crippen LogP contribution >= 0.6 is 0 Å². The first-order valence-corrected chi connectivity index (χ1v) is 5.57. The lowest BCUT2D eigenvalue weighted by atomic mass is 9.92. The van der Waals surface area contributed by atoms with Gasteiger partial charge in [-0.1, -0.05) is 33.8 Å². The lowest BCUT2D eigenvalue weighted by molar-refractivity contribution is -0.0440. The molecule has 0 bridgehead atoms. The Morgan fingerprint density at radius 2 is 1.38 bits per heavy atom. The minimum atomic E-state index is -1.63. The molecule has 0 aromatic heterocycles. The van der Waals surface area contributed by atoms with Crippen molar-refractivity contribution in [1.29, 1.82) is 0 Å². The number of aliphatic hydroxyl groups excluding tert-OH is 1. The first kappa shape index (κ1) is 13.0. The van der Waals surface area contributed by atoms with Gasteiger partial charge in [-0.2, -0.15) is 0 Å². The van der Waals surface area contributed by atoms with Crippen LogP contribution in [0.15, 0.2) is 12.1 Å². The van der Waals surface area contributed by atoms with E-state index < -0.39 is 6.29 Å². The van der Waals surface area contributed by atoms with E-state index in [1.807, 2.05) is 33.8 Å². The molecule has 0 fully saturated rings. The zero-order valence-corrected chi connectivity index (χ0v) is 10.2. The van der Waals surface area contributed by atoms with E-state index in [9.17, 15) is 15.3 Å². The number of benzene rings is 1. The van der Waals surface area contributed by atoms with Gasteiger partial charge in [-0.3, -0.25) is 0 Å². The first-order valence-electron chi connectivity index (χ1n) is 5.57. The molecular weight excluding hydrogens is 204 g/mol. The van der Waals surface area contributed by atoms with Gasteiger partial charge < -0.3 is 15.3 Å². The third-order valence-corrected chi connectivity index (χ3v) is 2.76. The summed E-state index contributed by atoms with van der Waals surface area (Å²) >= 11 is 0. The van der Waals surface area contributed by atoms with Crippen LogP contribution in [0.2, 0.25) is 0 Å². The number of aromatic hydroxyl groups is 1. The van der Waals surface area contributed by atoms with E-state index in [0.717, 1.165) is 11.1 Å². The van der Waals surface area contributed by atoms with Crippen LogP contribution in [0.5, 0.6) is 5.75 Å². The minimum Gasteiger partial charge on any atom is -0.507 e. The average molecular weight is 224 g/mol. The highest BCUT2D eigenvalue weighted by atomic mass is 16.5. The van der Waals surface area contributed by atoms with E-state index in [-0.39, 0.29) is 23.1 Å². The standard InChI is InChI=1S/C13H20O3/c1-7(2)9-5-10(8(3)4)12(14)11(6-9)13(15)16/h5-8,13-16H,1-4H3. The van der Waals surface area contributed by atoms with Crippen LogP contribution in [0.25, 0.3) is 0 Å². The van der Waals surface area contributed by atoms with Gasteiger partial charge in [-0.15, -0.1) is 0 Å². The van der Waals surface area contributed by atoms with Crippen LogP contribution in [0.3, 0.4) is 0 Å². The van der Waals surface area contributed by atoms with E-state index in [1.165, 1.54) is 0 Å². The van der Waals surface area contributed by atoms with Crippen molar-refractivity contribution in [3.8, 4) is 5.75 Å². The van der Waals surface area contributed by atoms with Gasteiger partial charge in [0.1, 0.15) is 5.75 Å². The molecule has 90 valence electrons. The summed E-state index contributed by atoms with van der Waals surface area (Å²) in [5.41, 5.74) is 1.95. The van der Waals surface area contributed by atoms with Gasteiger partial charge in [-0.25, -0.2) is 0 Å². The van der Waals surface area contributed by atoms with Crippen molar-refractivity contribution in [2.45, 2.75) is 45.8 Å². The molecule has 0 atom stereocenters. The summed E-state index contributed by atoms with van der Waals surface area (Å²) in [6, 6.07) is 3.58. The van der Waals surface area contributed by atoms with E-state index in [4.69, 9.17) is 0 Å². The third kappa shape index (κ3) is 2.54. The number of hydrogen-bond acceptors (Lipinski definition) is 3. The molecule has 1 aromatic rings. The molecule has 3 nitrogen and oxygen atoms in total. The molecule has 16 heavy (non-hydrogen) atoms. The molecule has 0 amide bonds. The molecule has 0 saturated carbocycles. The van der Waals surface area contributed by atoms with E-state index >= 15 is 0 Å². The first-order chi connectivity index (χ1) is 7.34. The maximum absolute atomic E-state index is 9.92. The quantitative estimate of drug-likeness (QED) is 0.692. The zero-order chi connectivity index (χ0) is 12.5. The number of aliphatic hydroxyl groups is 2. The Kier molecular flexibility index (Phi) is 3.94. The third-order valence-electron chi connectivity index (χ3n) is 2.76. The lowest BCUT2D eigenvalue weighted by Crippen LogP contribution is -2.02. The van der Waals surface area contributed by atoms with Crippen LogP contribution in [-0.2, 0) is 0 Å². The fourth-order valence-electron chi connectivity index (χ4n) is 1.67. The lowest BCUT2D eigenvalue weighted by Gasteiger charge is -2.17. The highest BCUT2D eigenvalue weighted by molar-refractivity contribution is 5.46. The minimum absolute atomic E-state index is 0.00519. The van der Waals surface area contributed by atoms with Crippen molar-refractivity contribution in [3.63, 3.8) is 0 Å². The Bertz CT molecular complexity index is 338. The van der Waals surface area contributed by atoms with Gasteiger partial charge in [-0.05, 0) is 29.0 Å². The summed E-state index contributed by atoms with van der Waals surface area (Å²) in [5.74, 6) is 0.432. The van der Waals surface area contributed by atoms with Crippen LogP contribution in [0.4, 0.5) is 0 Å². The van der Waals surface area contributed by atoms with Crippen molar-refractivity contribution < 1.29 is 15.3 Å². The summed E-state index contributed by atoms with van der Waals surface area (Å²) in [7, 11) is 0. The highest BCUT2D eigenvalue weighted by Gasteiger charge is 2.17. The maximum atomic E-state index is 9.92. The average Bonchev–Trinajstić information content (AvgIpc) is 2.16. The Balaban J connectivity index is 3.39. The van der Waals surface area contributed by atoms with Gasteiger partial charge >= 0.3 is 0 Å². The topological polar surface area (TPSA) is 60.7 Å². The molecule has 0 saturated heterocycles. The van der Waals surface area contributed by atoms with Crippen LogP contribution in [-0.4, -0.2) is 15.3 Å². The molecule has 0 unspecified atom stereocenters. The Labute approximate surface area is 96.4 Å².